The third-order valence-electron chi connectivity index (χ3n) is 4.00. The van der Waals surface area contributed by atoms with Crippen LogP contribution in [-0.4, -0.2) is 52.1 Å². The number of benzene rings is 1. The number of ether oxygens (including phenoxy) is 1. The lowest BCUT2D eigenvalue weighted by Gasteiger charge is -2.16. The molecule has 1 heterocycles. The third-order valence-corrected chi connectivity index (χ3v) is 5.77. The number of aliphatic imine (C=N–C) groups is 1. The Morgan fingerprint density at radius 1 is 1.42 bits per heavy atom. The van der Waals surface area contributed by atoms with Crippen LogP contribution in [0.1, 0.15) is 24.5 Å². The molecule has 1 aliphatic rings. The highest BCUT2D eigenvalue weighted by Gasteiger charge is 2.28. The summed E-state index contributed by atoms with van der Waals surface area (Å²) in [7, 11) is -1.22. The highest BCUT2D eigenvalue weighted by Crippen LogP contribution is 2.20. The molecule has 134 valence electrons. The predicted molar refractivity (Wildman–Crippen MR) is 97.6 cm³/mol. The standard InChI is InChI=1S/C17H27N3O3S/c1-4-18-17(20-15-8-10-24(21,22)12-15)19-9-7-14-11-13(2)5-6-16(14)23-3/h5-6,11,15H,4,7-10,12H2,1-3H3,(H2,18,19,20). The molecule has 0 spiro atoms. The Bertz CT molecular complexity index is 686. The second-order valence-corrected chi connectivity index (χ2v) is 8.30. The molecule has 0 aliphatic carbocycles. The van der Waals surface area contributed by atoms with E-state index in [1.54, 1.807) is 7.11 Å². The van der Waals surface area contributed by atoms with Gasteiger partial charge in [0.15, 0.2) is 15.8 Å². The van der Waals surface area contributed by atoms with Crippen LogP contribution in [0, 0.1) is 6.92 Å². The SMILES string of the molecule is CCNC(=NCCc1cc(C)ccc1OC)NC1CCS(=O)(=O)C1. The summed E-state index contributed by atoms with van der Waals surface area (Å²) in [5, 5.41) is 6.40. The number of hydrogen-bond acceptors (Lipinski definition) is 4. The number of methoxy groups -OCH3 is 1. The molecule has 2 N–H and O–H groups in total. The van der Waals surface area contributed by atoms with E-state index in [2.05, 4.69) is 28.6 Å². The molecule has 6 nitrogen and oxygen atoms in total. The Balaban J connectivity index is 1.97. The number of rotatable bonds is 6. The van der Waals surface area contributed by atoms with Gasteiger partial charge in [-0.05, 0) is 38.3 Å². The van der Waals surface area contributed by atoms with Crippen molar-refractivity contribution in [3.63, 3.8) is 0 Å². The first-order valence-corrected chi connectivity index (χ1v) is 10.1. The van der Waals surface area contributed by atoms with Gasteiger partial charge in [-0.1, -0.05) is 17.7 Å². The van der Waals surface area contributed by atoms with Gasteiger partial charge in [0, 0.05) is 19.1 Å². The van der Waals surface area contributed by atoms with Crippen LogP contribution in [0.2, 0.25) is 0 Å². The molecule has 0 aromatic heterocycles. The summed E-state index contributed by atoms with van der Waals surface area (Å²) < 4.78 is 28.5. The minimum Gasteiger partial charge on any atom is -0.496 e. The zero-order valence-electron chi connectivity index (χ0n) is 14.6. The van der Waals surface area contributed by atoms with Gasteiger partial charge in [-0.15, -0.1) is 0 Å². The number of guanidine groups is 1. The molecule has 0 saturated carbocycles. The minimum absolute atomic E-state index is 0.0543. The predicted octanol–water partition coefficient (Wildman–Crippen LogP) is 1.29. The molecule has 7 heteroatoms. The largest absolute Gasteiger partial charge is 0.496 e. The van der Waals surface area contributed by atoms with E-state index >= 15 is 0 Å². The van der Waals surface area contributed by atoms with Crippen molar-refractivity contribution >= 4 is 15.8 Å². The van der Waals surface area contributed by atoms with Gasteiger partial charge >= 0.3 is 0 Å². The van der Waals surface area contributed by atoms with E-state index in [1.807, 2.05) is 19.1 Å². The number of aryl methyl sites for hydroxylation is 1. The van der Waals surface area contributed by atoms with Crippen LogP contribution < -0.4 is 15.4 Å². The fraction of sp³-hybridized carbons (Fsp3) is 0.588. The van der Waals surface area contributed by atoms with Crippen molar-refractivity contribution in [2.45, 2.75) is 32.7 Å². The van der Waals surface area contributed by atoms with Crippen molar-refractivity contribution in [3.8, 4) is 5.75 Å². The highest BCUT2D eigenvalue weighted by atomic mass is 32.2. The number of hydrogen-bond donors (Lipinski definition) is 2. The Kier molecular flexibility index (Phi) is 6.48. The van der Waals surface area contributed by atoms with E-state index in [9.17, 15) is 8.42 Å². The quantitative estimate of drug-likeness (QED) is 0.595. The lowest BCUT2D eigenvalue weighted by Crippen LogP contribution is -2.44. The topological polar surface area (TPSA) is 79.8 Å². The van der Waals surface area contributed by atoms with Gasteiger partial charge in [-0.3, -0.25) is 4.99 Å². The fourth-order valence-electron chi connectivity index (χ4n) is 2.81. The third kappa shape index (κ3) is 5.40. The first kappa shape index (κ1) is 18.6. The van der Waals surface area contributed by atoms with Crippen LogP contribution in [0.15, 0.2) is 23.2 Å². The number of nitrogens with one attached hydrogen (secondary N) is 2. The van der Waals surface area contributed by atoms with Gasteiger partial charge in [0.25, 0.3) is 0 Å². The van der Waals surface area contributed by atoms with Crippen LogP contribution in [0.25, 0.3) is 0 Å². The van der Waals surface area contributed by atoms with Gasteiger partial charge < -0.3 is 15.4 Å². The smallest absolute Gasteiger partial charge is 0.191 e. The second-order valence-electron chi connectivity index (χ2n) is 6.07. The van der Waals surface area contributed by atoms with Crippen LogP contribution >= 0.6 is 0 Å². The van der Waals surface area contributed by atoms with E-state index in [0.717, 1.165) is 24.3 Å². The zero-order chi connectivity index (χ0) is 17.6. The monoisotopic (exact) mass is 353 g/mol. The van der Waals surface area contributed by atoms with Crippen molar-refractivity contribution in [1.29, 1.82) is 0 Å². The van der Waals surface area contributed by atoms with Crippen LogP contribution in [0.5, 0.6) is 5.75 Å². The number of sulfone groups is 1. The first-order chi connectivity index (χ1) is 11.4. The van der Waals surface area contributed by atoms with E-state index < -0.39 is 9.84 Å². The lowest BCUT2D eigenvalue weighted by molar-refractivity contribution is 0.409. The summed E-state index contributed by atoms with van der Waals surface area (Å²) in [4.78, 5) is 4.57. The van der Waals surface area contributed by atoms with Crippen LogP contribution in [-0.2, 0) is 16.3 Å². The zero-order valence-corrected chi connectivity index (χ0v) is 15.4. The van der Waals surface area contributed by atoms with Crippen molar-refractivity contribution in [2.75, 3.05) is 31.7 Å². The van der Waals surface area contributed by atoms with Crippen molar-refractivity contribution in [2.24, 2.45) is 4.99 Å². The normalized spacial score (nSPS) is 20.0. The van der Waals surface area contributed by atoms with Gasteiger partial charge in [0.1, 0.15) is 5.75 Å². The fourth-order valence-corrected chi connectivity index (χ4v) is 4.49. The van der Waals surface area contributed by atoms with Crippen LogP contribution in [0.3, 0.4) is 0 Å². The van der Waals surface area contributed by atoms with E-state index in [0.29, 0.717) is 18.9 Å². The van der Waals surface area contributed by atoms with Crippen LogP contribution in [0.4, 0.5) is 0 Å². The second kappa shape index (κ2) is 8.37. The highest BCUT2D eigenvalue weighted by molar-refractivity contribution is 7.91. The Morgan fingerprint density at radius 2 is 2.21 bits per heavy atom. The molecule has 1 saturated heterocycles. The molecule has 1 aromatic rings. The minimum atomic E-state index is -2.90. The summed E-state index contributed by atoms with van der Waals surface area (Å²) in [6.07, 6.45) is 1.41. The molecule has 0 bridgehead atoms. The van der Waals surface area contributed by atoms with E-state index in [1.165, 1.54) is 5.56 Å². The van der Waals surface area contributed by atoms with Gasteiger partial charge in [-0.2, -0.15) is 0 Å². The molecule has 1 aliphatic heterocycles. The maximum absolute atomic E-state index is 11.6. The lowest BCUT2D eigenvalue weighted by atomic mass is 10.1. The number of nitrogens with zero attached hydrogens (tertiary/aromatic N) is 1. The summed E-state index contributed by atoms with van der Waals surface area (Å²) >= 11 is 0. The molecular weight excluding hydrogens is 326 g/mol. The molecule has 0 radical (unpaired) electrons. The Hall–Kier alpha value is -1.76. The molecule has 2 rings (SSSR count). The maximum Gasteiger partial charge on any atom is 0.191 e. The Morgan fingerprint density at radius 3 is 2.83 bits per heavy atom. The molecule has 1 aromatic carbocycles. The molecule has 1 atom stereocenters. The van der Waals surface area contributed by atoms with Gasteiger partial charge in [0.05, 0.1) is 18.6 Å². The average molecular weight is 353 g/mol. The van der Waals surface area contributed by atoms with E-state index in [-0.39, 0.29) is 17.5 Å². The van der Waals surface area contributed by atoms with E-state index in [4.69, 9.17) is 4.74 Å². The first-order valence-electron chi connectivity index (χ1n) is 8.32. The average Bonchev–Trinajstić information content (AvgIpc) is 2.86. The summed E-state index contributed by atoms with van der Waals surface area (Å²) in [6.45, 7) is 5.39. The Labute approximate surface area is 144 Å². The maximum atomic E-state index is 11.6. The molecule has 1 unspecified atom stereocenters. The summed E-state index contributed by atoms with van der Waals surface area (Å²) in [6, 6.07) is 6.05. The summed E-state index contributed by atoms with van der Waals surface area (Å²) in [5.41, 5.74) is 2.32. The van der Waals surface area contributed by atoms with Gasteiger partial charge in [0.2, 0.25) is 0 Å². The molecule has 1 fully saturated rings. The molecule has 24 heavy (non-hydrogen) atoms. The molecule has 0 amide bonds. The molecular formula is C17H27N3O3S. The van der Waals surface area contributed by atoms with Crippen molar-refractivity contribution < 1.29 is 13.2 Å². The summed E-state index contributed by atoms with van der Waals surface area (Å²) in [5.74, 6) is 1.98. The van der Waals surface area contributed by atoms with Crippen molar-refractivity contribution in [1.82, 2.24) is 10.6 Å². The van der Waals surface area contributed by atoms with Crippen molar-refractivity contribution in [3.05, 3.63) is 29.3 Å². The van der Waals surface area contributed by atoms with Gasteiger partial charge in [-0.25, -0.2) is 8.42 Å².